The smallest absolute Gasteiger partial charge is 0.254 e. The molecule has 2 rings (SSSR count). The van der Waals surface area contributed by atoms with Gasteiger partial charge in [0, 0.05) is 12.7 Å². The van der Waals surface area contributed by atoms with Gasteiger partial charge in [-0.15, -0.1) is 0 Å². The number of hydrogen-bond acceptors (Lipinski definition) is 5. The molecule has 7 nitrogen and oxygen atoms in total. The minimum absolute atomic E-state index is 0.224. The number of aliphatic hydroxyl groups excluding tert-OH is 1. The number of aryl methyl sites for hydroxylation is 1. The average Bonchev–Trinajstić information content (AvgIpc) is 2.77. The van der Waals surface area contributed by atoms with Crippen molar-refractivity contribution in [2.45, 2.75) is 26.4 Å². The molecule has 2 aromatic rings. The van der Waals surface area contributed by atoms with E-state index in [4.69, 9.17) is 5.11 Å². The van der Waals surface area contributed by atoms with Gasteiger partial charge in [-0.05, 0) is 20.3 Å². The Morgan fingerprint density at radius 1 is 1.56 bits per heavy atom. The van der Waals surface area contributed by atoms with E-state index in [1.807, 2.05) is 0 Å². The molecule has 1 atom stereocenters. The predicted molar refractivity (Wildman–Crippen MR) is 64.2 cm³/mol. The SMILES string of the molecule is Cc1c(C(=O)NCCC(C)O)cnc2ncnn12. The Morgan fingerprint density at radius 2 is 2.33 bits per heavy atom. The molecule has 1 unspecified atom stereocenters. The standard InChI is InChI=1S/C11H15N5O2/c1-7(17)3-4-12-10(18)9-5-13-11-14-6-15-16(11)8(9)2/h5-7,17H,3-4H2,1-2H3,(H,12,18). The second kappa shape index (κ2) is 5.09. The summed E-state index contributed by atoms with van der Waals surface area (Å²) in [5, 5.41) is 15.8. The van der Waals surface area contributed by atoms with Gasteiger partial charge in [0.15, 0.2) is 0 Å². The van der Waals surface area contributed by atoms with Crippen LogP contribution in [0.15, 0.2) is 12.5 Å². The molecule has 0 saturated carbocycles. The lowest BCUT2D eigenvalue weighted by Gasteiger charge is -2.08. The normalized spacial score (nSPS) is 12.6. The van der Waals surface area contributed by atoms with Gasteiger partial charge in [0.25, 0.3) is 11.7 Å². The van der Waals surface area contributed by atoms with Gasteiger partial charge < -0.3 is 10.4 Å². The van der Waals surface area contributed by atoms with Crippen LogP contribution in [0, 0.1) is 6.92 Å². The molecule has 2 heterocycles. The van der Waals surface area contributed by atoms with Crippen LogP contribution in [0.4, 0.5) is 0 Å². The van der Waals surface area contributed by atoms with Crippen LogP contribution in [-0.4, -0.2) is 43.2 Å². The van der Waals surface area contributed by atoms with Crippen molar-refractivity contribution < 1.29 is 9.90 Å². The average molecular weight is 249 g/mol. The molecule has 0 aliphatic carbocycles. The first-order valence-electron chi connectivity index (χ1n) is 5.71. The summed E-state index contributed by atoms with van der Waals surface area (Å²) in [5.74, 6) is 0.242. The molecule has 2 aromatic heterocycles. The predicted octanol–water partition coefficient (Wildman–Crippen LogP) is -0.0666. The van der Waals surface area contributed by atoms with Crippen molar-refractivity contribution in [3.05, 3.63) is 23.8 Å². The fourth-order valence-corrected chi connectivity index (χ4v) is 1.60. The van der Waals surface area contributed by atoms with Crippen molar-refractivity contribution in [1.82, 2.24) is 24.9 Å². The van der Waals surface area contributed by atoms with Crippen LogP contribution < -0.4 is 5.32 Å². The molecule has 1 amide bonds. The summed E-state index contributed by atoms with van der Waals surface area (Å²) in [6.45, 7) is 3.89. The van der Waals surface area contributed by atoms with Crippen molar-refractivity contribution >= 4 is 11.7 Å². The third-order valence-electron chi connectivity index (χ3n) is 2.64. The van der Waals surface area contributed by atoms with E-state index in [1.54, 1.807) is 13.8 Å². The van der Waals surface area contributed by atoms with Gasteiger partial charge in [0.1, 0.15) is 6.33 Å². The Balaban J connectivity index is 2.15. The summed E-state index contributed by atoms with van der Waals surface area (Å²) in [4.78, 5) is 19.9. The molecule has 0 aliphatic heterocycles. The number of rotatable bonds is 4. The third kappa shape index (κ3) is 2.45. The van der Waals surface area contributed by atoms with Crippen molar-refractivity contribution in [3.63, 3.8) is 0 Å². The lowest BCUT2D eigenvalue weighted by Crippen LogP contribution is -2.27. The first-order valence-corrected chi connectivity index (χ1v) is 5.71. The maximum Gasteiger partial charge on any atom is 0.254 e. The first kappa shape index (κ1) is 12.4. The van der Waals surface area contributed by atoms with Crippen molar-refractivity contribution in [2.75, 3.05) is 6.54 Å². The van der Waals surface area contributed by atoms with E-state index in [9.17, 15) is 4.79 Å². The number of aromatic nitrogens is 4. The molecule has 96 valence electrons. The molecule has 18 heavy (non-hydrogen) atoms. The molecular weight excluding hydrogens is 234 g/mol. The Kier molecular flexibility index (Phi) is 3.52. The van der Waals surface area contributed by atoms with Crippen molar-refractivity contribution in [2.24, 2.45) is 0 Å². The molecule has 2 N–H and O–H groups in total. The number of nitrogens with one attached hydrogen (secondary N) is 1. The van der Waals surface area contributed by atoms with Crippen LogP contribution in [0.25, 0.3) is 5.78 Å². The number of fused-ring (bicyclic) bond motifs is 1. The molecule has 0 aliphatic rings. The summed E-state index contributed by atoms with van der Waals surface area (Å²) in [6, 6.07) is 0. The maximum atomic E-state index is 11.9. The minimum Gasteiger partial charge on any atom is -0.393 e. The molecular formula is C11H15N5O2. The van der Waals surface area contributed by atoms with Crippen LogP contribution in [0.1, 0.15) is 29.4 Å². The lowest BCUT2D eigenvalue weighted by atomic mass is 10.2. The Hall–Kier alpha value is -2.02. The van der Waals surface area contributed by atoms with Gasteiger partial charge in [0.05, 0.1) is 17.4 Å². The molecule has 0 spiro atoms. The van der Waals surface area contributed by atoms with Crippen molar-refractivity contribution in [3.8, 4) is 0 Å². The molecule has 0 aromatic carbocycles. The monoisotopic (exact) mass is 249 g/mol. The van der Waals surface area contributed by atoms with Crippen LogP contribution in [0.3, 0.4) is 0 Å². The summed E-state index contributed by atoms with van der Waals surface area (Å²) in [7, 11) is 0. The highest BCUT2D eigenvalue weighted by Crippen LogP contribution is 2.07. The summed E-state index contributed by atoms with van der Waals surface area (Å²) in [5.41, 5.74) is 1.14. The zero-order valence-corrected chi connectivity index (χ0v) is 10.3. The van der Waals surface area contributed by atoms with Gasteiger partial charge in [-0.25, -0.2) is 9.50 Å². The number of hydrogen-bond donors (Lipinski definition) is 2. The van der Waals surface area contributed by atoms with Crippen LogP contribution in [0.5, 0.6) is 0 Å². The van der Waals surface area contributed by atoms with E-state index >= 15 is 0 Å². The third-order valence-corrected chi connectivity index (χ3v) is 2.64. The van der Waals surface area contributed by atoms with E-state index in [0.29, 0.717) is 30.0 Å². The second-order valence-electron chi connectivity index (χ2n) is 4.12. The van der Waals surface area contributed by atoms with E-state index in [1.165, 1.54) is 17.0 Å². The molecule has 0 radical (unpaired) electrons. The number of amides is 1. The van der Waals surface area contributed by atoms with Gasteiger partial charge in [0.2, 0.25) is 0 Å². The Labute approximate surface area is 104 Å². The van der Waals surface area contributed by atoms with Gasteiger partial charge in [-0.1, -0.05) is 0 Å². The molecule has 0 fully saturated rings. The van der Waals surface area contributed by atoms with E-state index in [2.05, 4.69) is 20.4 Å². The zero-order chi connectivity index (χ0) is 13.1. The van der Waals surface area contributed by atoms with Gasteiger partial charge >= 0.3 is 0 Å². The number of carbonyl (C=O) groups is 1. The number of carbonyl (C=O) groups excluding carboxylic acids is 1. The van der Waals surface area contributed by atoms with Crippen molar-refractivity contribution in [1.29, 1.82) is 0 Å². The molecule has 0 saturated heterocycles. The highest BCUT2D eigenvalue weighted by atomic mass is 16.3. The van der Waals surface area contributed by atoms with Crippen LogP contribution in [-0.2, 0) is 0 Å². The zero-order valence-electron chi connectivity index (χ0n) is 10.3. The highest BCUT2D eigenvalue weighted by molar-refractivity contribution is 5.95. The molecule has 7 heteroatoms. The summed E-state index contributed by atoms with van der Waals surface area (Å²) in [6.07, 6.45) is 2.97. The minimum atomic E-state index is -0.428. The van der Waals surface area contributed by atoms with E-state index < -0.39 is 6.10 Å². The highest BCUT2D eigenvalue weighted by Gasteiger charge is 2.13. The fraction of sp³-hybridized carbons (Fsp3) is 0.455. The Morgan fingerprint density at radius 3 is 3.06 bits per heavy atom. The first-order chi connectivity index (χ1) is 8.59. The quantitative estimate of drug-likeness (QED) is 0.791. The van der Waals surface area contributed by atoms with Gasteiger partial charge in [-0.3, -0.25) is 4.79 Å². The second-order valence-corrected chi connectivity index (χ2v) is 4.12. The fourth-order valence-electron chi connectivity index (χ4n) is 1.60. The Bertz CT molecular complexity index is 564. The van der Waals surface area contributed by atoms with Crippen LogP contribution in [0.2, 0.25) is 0 Å². The molecule has 0 bridgehead atoms. The maximum absolute atomic E-state index is 11.9. The lowest BCUT2D eigenvalue weighted by molar-refractivity contribution is 0.0944. The van der Waals surface area contributed by atoms with Crippen LogP contribution >= 0.6 is 0 Å². The van der Waals surface area contributed by atoms with E-state index in [0.717, 1.165) is 0 Å². The number of nitrogens with zero attached hydrogens (tertiary/aromatic N) is 4. The topological polar surface area (TPSA) is 92.4 Å². The number of aliphatic hydroxyl groups is 1. The summed E-state index contributed by atoms with van der Waals surface area (Å²) >= 11 is 0. The van der Waals surface area contributed by atoms with E-state index in [-0.39, 0.29) is 5.91 Å². The largest absolute Gasteiger partial charge is 0.393 e. The summed E-state index contributed by atoms with van der Waals surface area (Å²) < 4.78 is 1.52. The van der Waals surface area contributed by atoms with Gasteiger partial charge in [-0.2, -0.15) is 10.1 Å².